The first kappa shape index (κ1) is 20.9. The first-order chi connectivity index (χ1) is 8.62. The summed E-state index contributed by atoms with van der Waals surface area (Å²) >= 11 is 0. The topological polar surface area (TPSA) is 38.7 Å². The van der Waals surface area contributed by atoms with Crippen molar-refractivity contribution in [3.63, 3.8) is 0 Å². The van der Waals surface area contributed by atoms with E-state index < -0.39 is 0 Å². The summed E-state index contributed by atoms with van der Waals surface area (Å²) in [6, 6.07) is 0. The van der Waals surface area contributed by atoms with Crippen LogP contribution in [-0.2, 0) is 9.47 Å². The number of hydrogen-bond donors (Lipinski definition) is 1. The molecule has 0 saturated heterocycles. The second kappa shape index (κ2) is 11.4. The molecule has 0 aliphatic heterocycles. The van der Waals surface area contributed by atoms with E-state index in [2.05, 4.69) is 27.4 Å². The van der Waals surface area contributed by atoms with Gasteiger partial charge >= 0.3 is 0 Å². The summed E-state index contributed by atoms with van der Waals surface area (Å²) in [6.45, 7) is 17.6. The van der Waals surface area contributed by atoms with Crippen LogP contribution in [0.1, 0.15) is 60.8 Å². The average molecular weight is 274 g/mol. The van der Waals surface area contributed by atoms with Crippen LogP contribution >= 0.6 is 0 Å². The van der Waals surface area contributed by atoms with Crippen LogP contribution in [0.25, 0.3) is 0 Å². The number of rotatable bonds is 7. The van der Waals surface area contributed by atoms with Crippen molar-refractivity contribution >= 4 is 0 Å². The predicted molar refractivity (Wildman–Crippen MR) is 82.5 cm³/mol. The van der Waals surface area contributed by atoms with E-state index in [-0.39, 0.29) is 17.8 Å². The molecule has 0 amide bonds. The van der Waals surface area contributed by atoms with Crippen LogP contribution in [0, 0.1) is 0 Å². The number of ether oxygens (including phenoxy) is 2. The van der Waals surface area contributed by atoms with Crippen LogP contribution in [0.4, 0.5) is 0 Å². The summed E-state index contributed by atoms with van der Waals surface area (Å²) in [5, 5.41) is 8.38. The maximum absolute atomic E-state index is 8.38. The van der Waals surface area contributed by atoms with Gasteiger partial charge in [0, 0.05) is 19.8 Å². The highest BCUT2D eigenvalue weighted by atomic mass is 16.5. The third-order valence-corrected chi connectivity index (χ3v) is 1.93. The van der Waals surface area contributed by atoms with Crippen molar-refractivity contribution in [2.45, 2.75) is 72.0 Å². The van der Waals surface area contributed by atoms with Crippen molar-refractivity contribution in [1.82, 2.24) is 0 Å². The first-order valence-electron chi connectivity index (χ1n) is 7.12. The number of hydrogen-bond acceptors (Lipinski definition) is 3. The van der Waals surface area contributed by atoms with Crippen molar-refractivity contribution in [2.24, 2.45) is 0 Å². The van der Waals surface area contributed by atoms with E-state index in [4.69, 9.17) is 14.6 Å². The lowest BCUT2D eigenvalue weighted by atomic mass is 10.2. The van der Waals surface area contributed by atoms with Gasteiger partial charge in [0.05, 0.1) is 11.2 Å². The Labute approximate surface area is 120 Å². The van der Waals surface area contributed by atoms with Crippen LogP contribution < -0.4 is 0 Å². The summed E-state index contributed by atoms with van der Waals surface area (Å²) in [7, 11) is 0. The number of allylic oxidation sites excluding steroid dienone is 1. The van der Waals surface area contributed by atoms with Gasteiger partial charge < -0.3 is 14.6 Å². The fourth-order valence-corrected chi connectivity index (χ4v) is 1.05. The Morgan fingerprint density at radius 2 is 1.32 bits per heavy atom. The Hall–Kier alpha value is -0.380. The van der Waals surface area contributed by atoms with E-state index in [0.29, 0.717) is 6.61 Å². The van der Waals surface area contributed by atoms with E-state index in [1.807, 2.05) is 26.8 Å². The maximum atomic E-state index is 8.38. The van der Waals surface area contributed by atoms with Gasteiger partial charge in [-0.3, -0.25) is 0 Å². The van der Waals surface area contributed by atoms with Gasteiger partial charge in [0.2, 0.25) is 0 Å². The molecule has 0 aromatic rings. The smallest absolute Gasteiger partial charge is 0.0598 e. The van der Waals surface area contributed by atoms with Gasteiger partial charge in [-0.05, 0) is 60.8 Å². The molecule has 19 heavy (non-hydrogen) atoms. The third-order valence-electron chi connectivity index (χ3n) is 1.93. The zero-order valence-electron chi connectivity index (χ0n) is 13.8. The molecular weight excluding hydrogens is 240 g/mol. The van der Waals surface area contributed by atoms with Gasteiger partial charge in [0.1, 0.15) is 0 Å². The molecule has 0 aromatic heterocycles. The first-order valence-corrected chi connectivity index (χ1v) is 7.12. The summed E-state index contributed by atoms with van der Waals surface area (Å²) in [4.78, 5) is 0. The SMILES string of the molecule is C=CCCCOC(C)(C)C.CC(C)(C)OCCCO. The molecule has 0 fully saturated rings. The Morgan fingerprint density at radius 1 is 0.895 bits per heavy atom. The second-order valence-electron chi connectivity index (χ2n) is 6.43. The Bertz CT molecular complexity index is 199. The van der Waals surface area contributed by atoms with E-state index in [1.54, 1.807) is 0 Å². The van der Waals surface area contributed by atoms with E-state index >= 15 is 0 Å². The van der Waals surface area contributed by atoms with Gasteiger partial charge in [0.25, 0.3) is 0 Å². The highest BCUT2D eigenvalue weighted by molar-refractivity contribution is 4.66. The van der Waals surface area contributed by atoms with Gasteiger partial charge in [-0.15, -0.1) is 6.58 Å². The zero-order chi connectivity index (χ0) is 15.4. The molecule has 3 heteroatoms. The van der Waals surface area contributed by atoms with E-state index in [0.717, 1.165) is 25.9 Å². The molecular formula is C16H34O3. The molecule has 0 saturated carbocycles. The van der Waals surface area contributed by atoms with Gasteiger partial charge in [-0.25, -0.2) is 0 Å². The van der Waals surface area contributed by atoms with E-state index in [9.17, 15) is 0 Å². The summed E-state index contributed by atoms with van der Waals surface area (Å²) < 4.78 is 10.8. The normalized spacial score (nSPS) is 11.7. The van der Waals surface area contributed by atoms with Gasteiger partial charge in [-0.1, -0.05) is 6.08 Å². The van der Waals surface area contributed by atoms with E-state index in [1.165, 1.54) is 0 Å². The van der Waals surface area contributed by atoms with Crippen LogP contribution in [0.3, 0.4) is 0 Å². The minimum Gasteiger partial charge on any atom is -0.396 e. The van der Waals surface area contributed by atoms with Crippen LogP contribution in [0.2, 0.25) is 0 Å². The van der Waals surface area contributed by atoms with Crippen molar-refractivity contribution in [1.29, 1.82) is 0 Å². The number of unbranched alkanes of at least 4 members (excludes halogenated alkanes) is 1. The minimum absolute atomic E-state index is 0.0150. The highest BCUT2D eigenvalue weighted by Crippen LogP contribution is 2.07. The lowest BCUT2D eigenvalue weighted by Gasteiger charge is -2.18. The van der Waals surface area contributed by atoms with Crippen molar-refractivity contribution in [2.75, 3.05) is 19.8 Å². The third kappa shape index (κ3) is 27.0. The number of aliphatic hydroxyl groups excluding tert-OH is 1. The molecule has 0 radical (unpaired) electrons. The lowest BCUT2D eigenvalue weighted by Crippen LogP contribution is -2.20. The molecule has 0 rings (SSSR count). The molecule has 0 spiro atoms. The molecule has 3 nitrogen and oxygen atoms in total. The van der Waals surface area contributed by atoms with Gasteiger partial charge in [0.15, 0.2) is 0 Å². The lowest BCUT2D eigenvalue weighted by molar-refractivity contribution is -0.00870. The Morgan fingerprint density at radius 3 is 1.63 bits per heavy atom. The molecule has 1 N–H and O–H groups in total. The number of aliphatic hydroxyl groups is 1. The maximum Gasteiger partial charge on any atom is 0.0598 e. The van der Waals surface area contributed by atoms with Crippen molar-refractivity contribution in [3.05, 3.63) is 12.7 Å². The monoisotopic (exact) mass is 274 g/mol. The second-order valence-corrected chi connectivity index (χ2v) is 6.43. The molecule has 0 aliphatic carbocycles. The molecule has 116 valence electrons. The molecule has 0 aromatic carbocycles. The van der Waals surface area contributed by atoms with Crippen molar-refractivity contribution < 1.29 is 14.6 Å². The molecule has 0 unspecified atom stereocenters. The minimum atomic E-state index is -0.0603. The van der Waals surface area contributed by atoms with Crippen LogP contribution in [-0.4, -0.2) is 36.1 Å². The molecule has 0 heterocycles. The Balaban J connectivity index is 0. The zero-order valence-corrected chi connectivity index (χ0v) is 13.8. The van der Waals surface area contributed by atoms with Crippen LogP contribution in [0.5, 0.6) is 0 Å². The Kier molecular flexibility index (Phi) is 12.6. The standard InChI is InChI=1S/C9H18O.C7H16O2/c1-5-6-7-8-10-9(2,3)4;1-7(2,3)9-6-4-5-8/h5H,1,6-8H2,2-4H3;8H,4-6H2,1-3H3. The molecule has 0 bridgehead atoms. The highest BCUT2D eigenvalue weighted by Gasteiger charge is 2.08. The predicted octanol–water partition coefficient (Wildman–Crippen LogP) is 3.95. The summed E-state index contributed by atoms with van der Waals surface area (Å²) in [5.41, 5.74) is -0.0453. The quantitative estimate of drug-likeness (QED) is 0.564. The fraction of sp³-hybridized carbons (Fsp3) is 0.875. The largest absolute Gasteiger partial charge is 0.396 e. The molecule has 0 aliphatic rings. The fourth-order valence-electron chi connectivity index (χ4n) is 1.05. The molecule has 0 atom stereocenters. The summed E-state index contributed by atoms with van der Waals surface area (Å²) in [5.74, 6) is 0. The summed E-state index contributed by atoms with van der Waals surface area (Å²) in [6.07, 6.45) is 4.79. The van der Waals surface area contributed by atoms with Gasteiger partial charge in [-0.2, -0.15) is 0 Å². The average Bonchev–Trinajstić information content (AvgIpc) is 2.23. The van der Waals surface area contributed by atoms with Crippen molar-refractivity contribution in [3.8, 4) is 0 Å². The van der Waals surface area contributed by atoms with Crippen LogP contribution in [0.15, 0.2) is 12.7 Å².